The molecule has 2 aliphatic carbocycles. The molecule has 12 heavy (non-hydrogen) atoms. The average molecular weight is 165 g/mol. The van der Waals surface area contributed by atoms with Crippen molar-refractivity contribution in [3.05, 3.63) is 0 Å². The molecular weight excluding hydrogens is 146 g/mol. The van der Waals surface area contributed by atoms with Crippen LogP contribution in [0, 0.1) is 5.41 Å². The zero-order valence-electron chi connectivity index (χ0n) is 8.21. The van der Waals surface area contributed by atoms with Crippen molar-refractivity contribution in [2.75, 3.05) is 0 Å². The summed E-state index contributed by atoms with van der Waals surface area (Å²) in [5.74, 6) is 0. The summed E-state index contributed by atoms with van der Waals surface area (Å²) in [6.45, 7) is 4.70. The minimum absolute atomic E-state index is 0.796. The molecule has 4 aliphatic rings. The standard InChI is InChI=1S/C11H19N/c1-8(2)12-9-5-10(12)7-11(6-9)3-4-11/h8-10H,3-7H2,1-2H3. The van der Waals surface area contributed by atoms with Gasteiger partial charge in [-0.15, -0.1) is 0 Å². The van der Waals surface area contributed by atoms with Gasteiger partial charge in [-0.05, 0) is 51.4 Å². The normalized spacial score (nSPS) is 43.2. The third-order valence-corrected chi connectivity index (χ3v) is 4.28. The molecule has 1 spiro atoms. The van der Waals surface area contributed by atoms with Gasteiger partial charge in [0.05, 0.1) is 0 Å². The maximum Gasteiger partial charge on any atom is 0.0121 e. The van der Waals surface area contributed by atoms with Crippen LogP contribution in [0.2, 0.25) is 0 Å². The molecule has 2 atom stereocenters. The van der Waals surface area contributed by atoms with Crippen molar-refractivity contribution in [2.24, 2.45) is 5.41 Å². The molecule has 1 heteroatoms. The fourth-order valence-corrected chi connectivity index (χ4v) is 3.61. The van der Waals surface area contributed by atoms with Crippen molar-refractivity contribution in [1.29, 1.82) is 0 Å². The molecule has 2 aliphatic heterocycles. The van der Waals surface area contributed by atoms with E-state index in [9.17, 15) is 0 Å². The van der Waals surface area contributed by atoms with Crippen LogP contribution < -0.4 is 0 Å². The Labute approximate surface area is 75.1 Å². The molecule has 4 fully saturated rings. The van der Waals surface area contributed by atoms with Crippen LogP contribution in [-0.2, 0) is 0 Å². The SMILES string of the molecule is CC(C)N1C2CC1CC1(CC1)C2. The molecule has 2 unspecified atom stereocenters. The van der Waals surface area contributed by atoms with Crippen molar-refractivity contribution in [3.8, 4) is 0 Å². The molecule has 0 N–H and O–H groups in total. The Balaban J connectivity index is 1.74. The Hall–Kier alpha value is -0.0400. The van der Waals surface area contributed by atoms with Crippen LogP contribution in [0.15, 0.2) is 0 Å². The number of hydrogen-bond donors (Lipinski definition) is 0. The lowest BCUT2D eigenvalue weighted by Gasteiger charge is -2.58. The van der Waals surface area contributed by atoms with Crippen LogP contribution in [0.5, 0.6) is 0 Å². The highest BCUT2D eigenvalue weighted by Gasteiger charge is 2.57. The predicted molar refractivity (Wildman–Crippen MR) is 50.1 cm³/mol. The van der Waals surface area contributed by atoms with Gasteiger partial charge in [-0.2, -0.15) is 0 Å². The molecule has 2 saturated carbocycles. The van der Waals surface area contributed by atoms with E-state index in [1.807, 2.05) is 0 Å². The summed E-state index contributed by atoms with van der Waals surface area (Å²) in [6.07, 6.45) is 7.67. The third kappa shape index (κ3) is 0.834. The summed E-state index contributed by atoms with van der Waals surface area (Å²) >= 11 is 0. The maximum atomic E-state index is 2.75. The molecule has 0 radical (unpaired) electrons. The van der Waals surface area contributed by atoms with Gasteiger partial charge < -0.3 is 0 Å². The highest BCUT2D eigenvalue weighted by molar-refractivity contribution is 5.11. The van der Waals surface area contributed by atoms with Crippen LogP contribution in [0.3, 0.4) is 0 Å². The van der Waals surface area contributed by atoms with Crippen molar-refractivity contribution >= 4 is 0 Å². The van der Waals surface area contributed by atoms with E-state index in [0.717, 1.165) is 23.5 Å². The zero-order valence-corrected chi connectivity index (χ0v) is 8.21. The Kier molecular flexibility index (Phi) is 1.27. The van der Waals surface area contributed by atoms with E-state index in [2.05, 4.69) is 18.7 Å². The summed E-state index contributed by atoms with van der Waals surface area (Å²) in [4.78, 5) is 2.75. The van der Waals surface area contributed by atoms with Gasteiger partial charge in [-0.1, -0.05) is 0 Å². The van der Waals surface area contributed by atoms with E-state index in [-0.39, 0.29) is 0 Å². The second kappa shape index (κ2) is 2.06. The van der Waals surface area contributed by atoms with Crippen LogP contribution in [0.4, 0.5) is 0 Å². The Morgan fingerprint density at radius 3 is 2.17 bits per heavy atom. The molecular formula is C11H19N. The Morgan fingerprint density at radius 1 is 1.17 bits per heavy atom. The van der Waals surface area contributed by atoms with Crippen molar-refractivity contribution in [1.82, 2.24) is 4.90 Å². The highest BCUT2D eigenvalue weighted by Crippen LogP contribution is 2.61. The number of rotatable bonds is 1. The van der Waals surface area contributed by atoms with Gasteiger partial charge in [0.1, 0.15) is 0 Å². The largest absolute Gasteiger partial charge is 0.295 e. The second-order valence-corrected chi connectivity index (χ2v) is 5.49. The van der Waals surface area contributed by atoms with Crippen LogP contribution >= 0.6 is 0 Å². The molecule has 0 amide bonds. The molecule has 68 valence electrons. The second-order valence-electron chi connectivity index (χ2n) is 5.49. The van der Waals surface area contributed by atoms with Crippen molar-refractivity contribution in [3.63, 3.8) is 0 Å². The maximum absolute atomic E-state index is 2.75. The fourth-order valence-electron chi connectivity index (χ4n) is 3.61. The predicted octanol–water partition coefficient (Wildman–Crippen LogP) is 2.41. The Bertz CT molecular complexity index is 191. The summed E-state index contributed by atoms with van der Waals surface area (Å²) < 4.78 is 0. The quantitative estimate of drug-likeness (QED) is 0.576. The molecule has 2 bridgehead atoms. The summed E-state index contributed by atoms with van der Waals surface area (Å²) in [5.41, 5.74) is 0.874. The Morgan fingerprint density at radius 2 is 1.75 bits per heavy atom. The first-order valence-electron chi connectivity index (χ1n) is 5.48. The van der Waals surface area contributed by atoms with Gasteiger partial charge in [0.25, 0.3) is 0 Å². The van der Waals surface area contributed by atoms with Crippen molar-refractivity contribution < 1.29 is 0 Å². The third-order valence-electron chi connectivity index (χ3n) is 4.28. The summed E-state index contributed by atoms with van der Waals surface area (Å²) in [7, 11) is 0. The van der Waals surface area contributed by atoms with E-state index < -0.39 is 0 Å². The lowest BCUT2D eigenvalue weighted by atomic mass is 9.71. The molecule has 4 rings (SSSR count). The number of piperidine rings is 1. The first kappa shape index (κ1) is 7.37. The zero-order chi connectivity index (χ0) is 8.34. The van der Waals surface area contributed by atoms with Crippen LogP contribution in [0.25, 0.3) is 0 Å². The van der Waals surface area contributed by atoms with E-state index in [1.165, 1.54) is 19.3 Å². The lowest BCUT2D eigenvalue weighted by Crippen LogP contribution is -2.63. The monoisotopic (exact) mass is 165 g/mol. The smallest absolute Gasteiger partial charge is 0.0121 e. The van der Waals surface area contributed by atoms with E-state index >= 15 is 0 Å². The van der Waals surface area contributed by atoms with Gasteiger partial charge in [0.2, 0.25) is 0 Å². The first-order valence-corrected chi connectivity index (χ1v) is 5.48. The summed E-state index contributed by atoms with van der Waals surface area (Å²) in [6, 6.07) is 2.75. The highest BCUT2D eigenvalue weighted by atomic mass is 15.3. The van der Waals surface area contributed by atoms with Gasteiger partial charge in [0.15, 0.2) is 0 Å². The molecule has 2 heterocycles. The van der Waals surface area contributed by atoms with Crippen LogP contribution in [-0.4, -0.2) is 23.0 Å². The average Bonchev–Trinajstić information content (AvgIpc) is 2.66. The first-order chi connectivity index (χ1) is 5.70. The summed E-state index contributed by atoms with van der Waals surface area (Å²) in [5, 5.41) is 0. The van der Waals surface area contributed by atoms with E-state index in [0.29, 0.717) is 0 Å². The molecule has 0 aromatic carbocycles. The molecule has 1 nitrogen and oxygen atoms in total. The molecule has 0 aromatic heterocycles. The van der Waals surface area contributed by atoms with Crippen LogP contribution in [0.1, 0.15) is 46.0 Å². The number of hydrogen-bond acceptors (Lipinski definition) is 1. The topological polar surface area (TPSA) is 3.24 Å². The van der Waals surface area contributed by atoms with E-state index in [1.54, 1.807) is 12.8 Å². The molecule has 0 aromatic rings. The lowest BCUT2D eigenvalue weighted by molar-refractivity contribution is -0.0799. The fraction of sp³-hybridized carbons (Fsp3) is 1.00. The van der Waals surface area contributed by atoms with Gasteiger partial charge in [-0.25, -0.2) is 0 Å². The van der Waals surface area contributed by atoms with Crippen molar-refractivity contribution in [2.45, 2.75) is 64.1 Å². The van der Waals surface area contributed by atoms with E-state index in [4.69, 9.17) is 0 Å². The van der Waals surface area contributed by atoms with Gasteiger partial charge >= 0.3 is 0 Å². The minimum atomic E-state index is 0.796. The minimum Gasteiger partial charge on any atom is -0.295 e. The number of nitrogens with zero attached hydrogens (tertiary/aromatic N) is 1. The van der Waals surface area contributed by atoms with Gasteiger partial charge in [0, 0.05) is 18.1 Å². The van der Waals surface area contributed by atoms with Gasteiger partial charge in [-0.3, -0.25) is 4.90 Å². The molecule has 2 saturated heterocycles.